The van der Waals surface area contributed by atoms with Crippen LogP contribution < -0.4 is 22.0 Å². The number of piperidine rings is 1. The molecule has 2 rings (SSSR count). The van der Waals surface area contributed by atoms with E-state index in [2.05, 4.69) is 9.97 Å². The second-order valence-corrected chi connectivity index (χ2v) is 4.03. The van der Waals surface area contributed by atoms with Crippen molar-refractivity contribution in [2.75, 3.05) is 18.0 Å². The molecule has 0 aromatic carbocycles. The summed E-state index contributed by atoms with van der Waals surface area (Å²) >= 11 is 0. The molecule has 7 nitrogen and oxygen atoms in total. The Balaban J connectivity index is 2.28. The second kappa shape index (κ2) is 4.09. The van der Waals surface area contributed by atoms with E-state index in [1.165, 1.54) is 7.05 Å². The number of aromatic nitrogens is 3. The summed E-state index contributed by atoms with van der Waals surface area (Å²) in [5, 5.41) is 0. The van der Waals surface area contributed by atoms with Crippen LogP contribution in [-0.4, -0.2) is 33.7 Å². The molecule has 3 N–H and O–H groups in total. The van der Waals surface area contributed by atoms with Crippen molar-refractivity contribution < 1.29 is 0 Å². The molecule has 0 spiro atoms. The highest BCUT2D eigenvalue weighted by Crippen LogP contribution is 2.12. The molecule has 1 aliphatic heterocycles. The molecule has 2 heterocycles. The summed E-state index contributed by atoms with van der Waals surface area (Å²) in [5.41, 5.74) is 4.80. The summed E-state index contributed by atoms with van der Waals surface area (Å²) in [6.07, 6.45) is 1.69. The standard InChI is InChI=1S/C9H15N5O2/c1-13-8(15)11-7(12-9(13)16)14-4-2-6(10)3-5-14/h6H,2-5,10H2,1H3,(H,11,12,15,16). The average molecular weight is 225 g/mol. The first-order valence-corrected chi connectivity index (χ1v) is 5.26. The summed E-state index contributed by atoms with van der Waals surface area (Å²) in [7, 11) is 1.39. The van der Waals surface area contributed by atoms with E-state index in [1.807, 2.05) is 4.90 Å². The molecule has 88 valence electrons. The van der Waals surface area contributed by atoms with Gasteiger partial charge in [-0.2, -0.15) is 4.98 Å². The van der Waals surface area contributed by atoms with E-state index in [0.717, 1.165) is 30.5 Å². The number of hydrogen-bond donors (Lipinski definition) is 2. The van der Waals surface area contributed by atoms with Gasteiger partial charge < -0.3 is 10.6 Å². The van der Waals surface area contributed by atoms with Crippen molar-refractivity contribution >= 4 is 5.95 Å². The largest absolute Gasteiger partial charge is 0.354 e. The molecule has 1 fully saturated rings. The maximum absolute atomic E-state index is 11.4. The van der Waals surface area contributed by atoms with Gasteiger partial charge >= 0.3 is 11.4 Å². The Morgan fingerprint density at radius 2 is 2.00 bits per heavy atom. The molecule has 0 radical (unpaired) electrons. The quantitative estimate of drug-likeness (QED) is 0.599. The Hall–Kier alpha value is -1.63. The third-order valence-corrected chi connectivity index (χ3v) is 2.85. The average Bonchev–Trinajstić information content (AvgIpc) is 2.26. The fourth-order valence-corrected chi connectivity index (χ4v) is 1.72. The van der Waals surface area contributed by atoms with Gasteiger partial charge in [0, 0.05) is 26.2 Å². The maximum atomic E-state index is 11.4. The summed E-state index contributed by atoms with van der Waals surface area (Å²) in [6, 6.07) is 0.203. The summed E-state index contributed by atoms with van der Waals surface area (Å²) < 4.78 is 0.944. The molecule has 0 aliphatic carbocycles. The number of aromatic amines is 1. The van der Waals surface area contributed by atoms with Crippen molar-refractivity contribution in [1.82, 2.24) is 14.5 Å². The second-order valence-electron chi connectivity index (χ2n) is 4.03. The van der Waals surface area contributed by atoms with Gasteiger partial charge in [-0.15, -0.1) is 0 Å². The van der Waals surface area contributed by atoms with Gasteiger partial charge in [0.2, 0.25) is 5.95 Å². The molecule has 16 heavy (non-hydrogen) atoms. The molecule has 1 aromatic rings. The monoisotopic (exact) mass is 225 g/mol. The molecule has 0 bridgehead atoms. The number of nitrogens with two attached hydrogens (primary N) is 1. The van der Waals surface area contributed by atoms with Gasteiger partial charge in [0.1, 0.15) is 0 Å². The topological polar surface area (TPSA) is 97.0 Å². The maximum Gasteiger partial charge on any atom is 0.354 e. The molecule has 0 amide bonds. The van der Waals surface area contributed by atoms with Crippen molar-refractivity contribution in [3.8, 4) is 0 Å². The van der Waals surface area contributed by atoms with Gasteiger partial charge in [0.15, 0.2) is 0 Å². The van der Waals surface area contributed by atoms with Crippen LogP contribution >= 0.6 is 0 Å². The summed E-state index contributed by atoms with van der Waals surface area (Å²) in [6.45, 7) is 1.44. The highest BCUT2D eigenvalue weighted by molar-refractivity contribution is 5.28. The Morgan fingerprint density at radius 1 is 1.38 bits per heavy atom. The number of hydrogen-bond acceptors (Lipinski definition) is 5. The molecular formula is C9H15N5O2. The van der Waals surface area contributed by atoms with Crippen LogP contribution in [0.25, 0.3) is 0 Å². The first kappa shape index (κ1) is 10.9. The normalized spacial score (nSPS) is 17.8. The lowest BCUT2D eigenvalue weighted by Gasteiger charge is -2.30. The van der Waals surface area contributed by atoms with E-state index in [9.17, 15) is 9.59 Å². The highest BCUT2D eigenvalue weighted by atomic mass is 16.2. The molecular weight excluding hydrogens is 210 g/mol. The van der Waals surface area contributed by atoms with Crippen LogP contribution in [0.2, 0.25) is 0 Å². The van der Waals surface area contributed by atoms with Crippen LogP contribution in [0.3, 0.4) is 0 Å². The van der Waals surface area contributed by atoms with E-state index in [0.29, 0.717) is 5.95 Å². The van der Waals surface area contributed by atoms with Crippen LogP contribution in [0, 0.1) is 0 Å². The minimum Gasteiger partial charge on any atom is -0.342 e. The zero-order chi connectivity index (χ0) is 11.7. The van der Waals surface area contributed by atoms with Crippen LogP contribution in [0.5, 0.6) is 0 Å². The van der Waals surface area contributed by atoms with Gasteiger partial charge in [0.25, 0.3) is 0 Å². The fourth-order valence-electron chi connectivity index (χ4n) is 1.72. The molecule has 1 aromatic heterocycles. The van der Waals surface area contributed by atoms with E-state index in [4.69, 9.17) is 5.73 Å². The molecule has 0 unspecified atom stereocenters. The molecule has 1 aliphatic rings. The zero-order valence-corrected chi connectivity index (χ0v) is 9.14. The lowest BCUT2D eigenvalue weighted by Crippen LogP contribution is -2.44. The lowest BCUT2D eigenvalue weighted by atomic mass is 10.1. The molecule has 0 atom stereocenters. The fraction of sp³-hybridized carbons (Fsp3) is 0.667. The van der Waals surface area contributed by atoms with Crippen molar-refractivity contribution in [1.29, 1.82) is 0 Å². The van der Waals surface area contributed by atoms with Gasteiger partial charge in [-0.1, -0.05) is 0 Å². The van der Waals surface area contributed by atoms with E-state index in [-0.39, 0.29) is 6.04 Å². The van der Waals surface area contributed by atoms with Crippen molar-refractivity contribution in [2.45, 2.75) is 18.9 Å². The number of anilines is 1. The van der Waals surface area contributed by atoms with Gasteiger partial charge in [-0.3, -0.25) is 4.98 Å². The first-order chi connectivity index (χ1) is 7.58. The number of nitrogens with zero attached hydrogens (tertiary/aromatic N) is 3. The lowest BCUT2D eigenvalue weighted by molar-refractivity contribution is 0.492. The SMILES string of the molecule is Cn1c(=O)nc(N2CCC(N)CC2)[nH]c1=O. The molecule has 7 heteroatoms. The number of H-pyrrole nitrogens is 1. The molecule has 0 saturated carbocycles. The third kappa shape index (κ3) is 1.99. The zero-order valence-electron chi connectivity index (χ0n) is 9.14. The summed E-state index contributed by atoms with van der Waals surface area (Å²) in [5.74, 6) is 0.347. The van der Waals surface area contributed by atoms with Crippen LogP contribution in [-0.2, 0) is 7.05 Å². The van der Waals surface area contributed by atoms with Gasteiger partial charge in [0.05, 0.1) is 0 Å². The van der Waals surface area contributed by atoms with Crippen molar-refractivity contribution in [3.63, 3.8) is 0 Å². The third-order valence-electron chi connectivity index (χ3n) is 2.85. The van der Waals surface area contributed by atoms with Gasteiger partial charge in [-0.25, -0.2) is 14.2 Å². The Kier molecular flexibility index (Phi) is 2.78. The van der Waals surface area contributed by atoms with Crippen LogP contribution in [0.4, 0.5) is 5.95 Å². The highest BCUT2D eigenvalue weighted by Gasteiger charge is 2.18. The van der Waals surface area contributed by atoms with Crippen LogP contribution in [0.1, 0.15) is 12.8 Å². The minimum atomic E-state index is -0.534. The van der Waals surface area contributed by atoms with Crippen molar-refractivity contribution in [2.24, 2.45) is 12.8 Å². The Morgan fingerprint density at radius 3 is 2.56 bits per heavy atom. The first-order valence-electron chi connectivity index (χ1n) is 5.26. The molecule has 1 saturated heterocycles. The smallest absolute Gasteiger partial charge is 0.342 e. The Bertz CT molecular complexity index is 452. The van der Waals surface area contributed by atoms with E-state index >= 15 is 0 Å². The number of nitrogens with one attached hydrogen (secondary N) is 1. The number of rotatable bonds is 1. The Labute approximate surface area is 91.9 Å². The van der Waals surface area contributed by atoms with Crippen molar-refractivity contribution in [3.05, 3.63) is 21.0 Å². The van der Waals surface area contributed by atoms with Gasteiger partial charge in [-0.05, 0) is 12.8 Å². The van der Waals surface area contributed by atoms with E-state index in [1.54, 1.807) is 0 Å². The predicted molar refractivity (Wildman–Crippen MR) is 59.5 cm³/mol. The summed E-state index contributed by atoms with van der Waals surface area (Å²) in [4.78, 5) is 31.0. The minimum absolute atomic E-state index is 0.203. The predicted octanol–water partition coefficient (Wildman–Crippen LogP) is -1.60. The van der Waals surface area contributed by atoms with Crippen LogP contribution in [0.15, 0.2) is 9.59 Å². The van der Waals surface area contributed by atoms with E-state index < -0.39 is 11.4 Å².